The van der Waals surface area contributed by atoms with Gasteiger partial charge in [0.1, 0.15) is 12.6 Å². The fourth-order valence-corrected chi connectivity index (χ4v) is 5.23. The van der Waals surface area contributed by atoms with Gasteiger partial charge in [0, 0.05) is 16.8 Å². The fraction of sp³-hybridized carbons (Fsp3) is 0.273. The maximum absolute atomic E-state index is 13.5. The van der Waals surface area contributed by atoms with Gasteiger partial charge in [-0.2, -0.15) is 0 Å². The number of hydrogen-bond donors (Lipinski definition) is 4. The zero-order valence-electron chi connectivity index (χ0n) is 22.8. The van der Waals surface area contributed by atoms with Crippen LogP contribution in [0.15, 0.2) is 78.9 Å². The SMILES string of the molecule is C[C@H](N)COC(=O)[C@@H](CCCCN)NC(=O)Cc1c(-c2ccc3ccccc3c2)[nH]c2c1ccc1ccccc12. The number of aromatic nitrogens is 1. The van der Waals surface area contributed by atoms with Crippen molar-refractivity contribution in [2.24, 2.45) is 11.5 Å². The molecule has 0 spiro atoms. The third-order valence-electron chi connectivity index (χ3n) is 7.24. The van der Waals surface area contributed by atoms with E-state index in [2.05, 4.69) is 64.9 Å². The summed E-state index contributed by atoms with van der Waals surface area (Å²) in [5.74, 6) is -0.714. The minimum atomic E-state index is -0.757. The molecule has 5 rings (SSSR count). The van der Waals surface area contributed by atoms with Crippen molar-refractivity contribution in [2.75, 3.05) is 13.2 Å². The molecule has 0 aliphatic rings. The van der Waals surface area contributed by atoms with Crippen molar-refractivity contribution in [3.8, 4) is 11.3 Å². The number of hydrogen-bond acceptors (Lipinski definition) is 5. The Kier molecular flexibility index (Phi) is 8.43. The highest BCUT2D eigenvalue weighted by molar-refractivity contribution is 6.10. The number of ether oxygens (including phenoxy) is 1. The molecule has 7 nitrogen and oxygen atoms in total. The molecular weight excluding hydrogens is 500 g/mol. The third kappa shape index (κ3) is 6.01. The van der Waals surface area contributed by atoms with Gasteiger partial charge < -0.3 is 26.5 Å². The molecule has 5 aromatic rings. The van der Waals surface area contributed by atoms with Crippen molar-refractivity contribution >= 4 is 44.3 Å². The normalized spacial score (nSPS) is 13.0. The number of H-pyrrole nitrogens is 1. The first-order valence-electron chi connectivity index (χ1n) is 13.9. The summed E-state index contributed by atoms with van der Waals surface area (Å²) in [6.45, 7) is 2.39. The number of carbonyl (C=O) groups is 2. The number of fused-ring (bicyclic) bond motifs is 4. The summed E-state index contributed by atoms with van der Waals surface area (Å²) in [7, 11) is 0. The second-order valence-corrected chi connectivity index (χ2v) is 10.4. The van der Waals surface area contributed by atoms with Crippen LogP contribution in [0, 0.1) is 0 Å². The second kappa shape index (κ2) is 12.3. The van der Waals surface area contributed by atoms with Gasteiger partial charge in [0.15, 0.2) is 0 Å². The minimum Gasteiger partial charge on any atom is -0.463 e. The zero-order chi connectivity index (χ0) is 28.1. The number of aromatic amines is 1. The van der Waals surface area contributed by atoms with Crippen LogP contribution in [0.3, 0.4) is 0 Å². The van der Waals surface area contributed by atoms with Crippen molar-refractivity contribution < 1.29 is 14.3 Å². The van der Waals surface area contributed by atoms with Crippen LogP contribution in [0.25, 0.3) is 43.7 Å². The van der Waals surface area contributed by atoms with E-state index in [1.54, 1.807) is 6.92 Å². The molecule has 0 saturated carbocycles. The molecule has 0 saturated heterocycles. The molecule has 0 fully saturated rings. The van der Waals surface area contributed by atoms with Crippen LogP contribution >= 0.6 is 0 Å². The second-order valence-electron chi connectivity index (χ2n) is 10.4. The predicted octanol–water partition coefficient (Wildman–Crippen LogP) is 5.19. The van der Waals surface area contributed by atoms with Crippen molar-refractivity contribution in [1.29, 1.82) is 0 Å². The molecule has 0 radical (unpaired) electrons. The Morgan fingerprint density at radius 1 is 0.900 bits per heavy atom. The van der Waals surface area contributed by atoms with Crippen molar-refractivity contribution in [2.45, 2.75) is 44.7 Å². The smallest absolute Gasteiger partial charge is 0.328 e. The number of amides is 1. The van der Waals surface area contributed by atoms with Crippen LogP contribution in [0.2, 0.25) is 0 Å². The first kappa shape index (κ1) is 27.4. The van der Waals surface area contributed by atoms with Crippen LogP contribution < -0.4 is 16.8 Å². The Morgan fingerprint density at radius 2 is 1.62 bits per heavy atom. The zero-order valence-corrected chi connectivity index (χ0v) is 22.8. The molecule has 0 aliphatic carbocycles. The molecule has 1 aromatic heterocycles. The van der Waals surface area contributed by atoms with Crippen LogP contribution in [0.1, 0.15) is 31.7 Å². The summed E-state index contributed by atoms with van der Waals surface area (Å²) >= 11 is 0. The fourth-order valence-electron chi connectivity index (χ4n) is 5.23. The molecule has 4 aromatic carbocycles. The molecule has 7 heteroatoms. The maximum atomic E-state index is 13.5. The summed E-state index contributed by atoms with van der Waals surface area (Å²) in [6.07, 6.45) is 2.02. The van der Waals surface area contributed by atoms with Crippen LogP contribution in [0.4, 0.5) is 0 Å². The molecule has 0 aliphatic heterocycles. The number of rotatable bonds is 11. The topological polar surface area (TPSA) is 123 Å². The van der Waals surface area contributed by atoms with Crippen LogP contribution in [0.5, 0.6) is 0 Å². The Labute approximate surface area is 233 Å². The highest BCUT2D eigenvalue weighted by atomic mass is 16.5. The van der Waals surface area contributed by atoms with Gasteiger partial charge in [-0.05, 0) is 66.1 Å². The van der Waals surface area contributed by atoms with Crippen LogP contribution in [-0.2, 0) is 20.7 Å². The van der Waals surface area contributed by atoms with E-state index in [0.717, 1.165) is 55.7 Å². The van der Waals surface area contributed by atoms with E-state index < -0.39 is 12.0 Å². The molecule has 1 amide bonds. The number of esters is 1. The van der Waals surface area contributed by atoms with E-state index >= 15 is 0 Å². The maximum Gasteiger partial charge on any atom is 0.328 e. The molecule has 1 heterocycles. The van der Waals surface area contributed by atoms with E-state index in [0.29, 0.717) is 19.4 Å². The number of unbranched alkanes of at least 4 members (excludes halogenated alkanes) is 1. The summed E-state index contributed by atoms with van der Waals surface area (Å²) < 4.78 is 5.37. The van der Waals surface area contributed by atoms with E-state index in [4.69, 9.17) is 16.2 Å². The Hall–Kier alpha value is -4.20. The van der Waals surface area contributed by atoms with Gasteiger partial charge in [0.25, 0.3) is 0 Å². The van der Waals surface area contributed by atoms with E-state index in [1.807, 2.05) is 24.3 Å². The standard InChI is InChI=1S/C33H36N4O3/c1-21(35)20-40-33(39)29(12-6-7-17-34)36-30(38)19-28-27-16-15-23-9-4-5-11-26(23)32(27)37-31(28)25-14-13-22-8-2-3-10-24(22)18-25/h2-5,8-11,13-16,18,21,29,37H,6-7,12,17,19-20,34-35H2,1H3,(H,36,38)/t21-,29+/m0/s1. The van der Waals surface area contributed by atoms with Gasteiger partial charge in [-0.25, -0.2) is 4.79 Å². The molecule has 0 unspecified atom stereocenters. The average molecular weight is 537 g/mol. The van der Waals surface area contributed by atoms with Gasteiger partial charge in [-0.3, -0.25) is 4.79 Å². The molecule has 40 heavy (non-hydrogen) atoms. The van der Waals surface area contributed by atoms with Gasteiger partial charge in [-0.15, -0.1) is 0 Å². The number of benzene rings is 4. The number of nitrogens with one attached hydrogen (secondary N) is 2. The summed E-state index contributed by atoms with van der Waals surface area (Å²) in [4.78, 5) is 30.0. The number of carbonyl (C=O) groups excluding carboxylic acids is 2. The monoisotopic (exact) mass is 536 g/mol. The summed E-state index contributed by atoms with van der Waals surface area (Å²) in [5.41, 5.74) is 15.2. The molecule has 206 valence electrons. The summed E-state index contributed by atoms with van der Waals surface area (Å²) in [5, 5.41) is 8.40. The lowest BCUT2D eigenvalue weighted by molar-refractivity contribution is -0.148. The van der Waals surface area contributed by atoms with Gasteiger partial charge in [0.05, 0.1) is 17.6 Å². The lowest BCUT2D eigenvalue weighted by atomic mass is 9.98. The molecular formula is C33H36N4O3. The highest BCUT2D eigenvalue weighted by Gasteiger charge is 2.24. The Balaban J connectivity index is 1.51. The minimum absolute atomic E-state index is 0.101. The lowest BCUT2D eigenvalue weighted by Gasteiger charge is -2.18. The van der Waals surface area contributed by atoms with Gasteiger partial charge in [-0.1, -0.05) is 72.8 Å². The number of nitrogens with two attached hydrogens (primary N) is 2. The third-order valence-corrected chi connectivity index (χ3v) is 7.24. The lowest BCUT2D eigenvalue weighted by Crippen LogP contribution is -2.43. The van der Waals surface area contributed by atoms with E-state index in [1.165, 1.54) is 0 Å². The van der Waals surface area contributed by atoms with Gasteiger partial charge >= 0.3 is 5.97 Å². The largest absolute Gasteiger partial charge is 0.463 e. The van der Waals surface area contributed by atoms with Crippen molar-refractivity contribution in [3.63, 3.8) is 0 Å². The average Bonchev–Trinajstić information content (AvgIpc) is 3.33. The Morgan fingerprint density at radius 3 is 2.40 bits per heavy atom. The molecule has 2 atom stereocenters. The predicted molar refractivity (Wildman–Crippen MR) is 162 cm³/mol. The van der Waals surface area contributed by atoms with Gasteiger partial charge in [0.2, 0.25) is 5.91 Å². The van der Waals surface area contributed by atoms with E-state index in [9.17, 15) is 9.59 Å². The molecule has 0 bridgehead atoms. The first-order valence-corrected chi connectivity index (χ1v) is 13.9. The van der Waals surface area contributed by atoms with Crippen molar-refractivity contribution in [1.82, 2.24) is 10.3 Å². The highest BCUT2D eigenvalue weighted by Crippen LogP contribution is 2.36. The van der Waals surface area contributed by atoms with Crippen LogP contribution in [-0.4, -0.2) is 42.1 Å². The quantitative estimate of drug-likeness (QED) is 0.137. The van der Waals surface area contributed by atoms with Crippen molar-refractivity contribution in [3.05, 3.63) is 84.4 Å². The summed E-state index contributed by atoms with van der Waals surface area (Å²) in [6, 6.07) is 25.9. The first-order chi connectivity index (χ1) is 19.4. The Bertz CT molecular complexity index is 1660. The molecule has 6 N–H and O–H groups in total. The van der Waals surface area contributed by atoms with E-state index in [-0.39, 0.29) is 25.0 Å².